The average molecular weight is 371 g/mol. The second-order valence-electron chi connectivity index (χ2n) is 5.67. The fourth-order valence-corrected chi connectivity index (χ4v) is 2.10. The van der Waals surface area contributed by atoms with Crippen LogP contribution in [0.2, 0.25) is 0 Å². The molecule has 0 bridgehead atoms. The molecule has 1 aliphatic rings. The van der Waals surface area contributed by atoms with E-state index in [-0.39, 0.29) is 30.9 Å². The molecule has 1 aliphatic heterocycles. The van der Waals surface area contributed by atoms with E-state index >= 15 is 0 Å². The lowest BCUT2D eigenvalue weighted by atomic mass is 10.4. The van der Waals surface area contributed by atoms with E-state index in [0.717, 1.165) is 11.4 Å². The number of hydrogen-bond donors (Lipinski definition) is 1. The second kappa shape index (κ2) is 13.4. The van der Waals surface area contributed by atoms with Gasteiger partial charge < -0.3 is 24.4 Å². The van der Waals surface area contributed by atoms with Gasteiger partial charge in [-0.1, -0.05) is 0 Å². The van der Waals surface area contributed by atoms with Crippen LogP contribution in [-0.4, -0.2) is 101 Å². The first-order chi connectivity index (χ1) is 12.6. The quantitative estimate of drug-likeness (QED) is 0.292. The number of amides is 3. The standard InChI is InChI=1S/C17H29N3O6/c1-18-6-7-19(2)15(21)5-9-24-11-13-26-14-12-25-10-8-20-16(22)3-4-17(20)23/h3-4,18H,5-14H2,1-2H3. The van der Waals surface area contributed by atoms with Crippen molar-refractivity contribution in [1.82, 2.24) is 15.1 Å². The van der Waals surface area contributed by atoms with Gasteiger partial charge in [0.15, 0.2) is 0 Å². The largest absolute Gasteiger partial charge is 0.379 e. The van der Waals surface area contributed by atoms with E-state index in [1.807, 2.05) is 7.05 Å². The van der Waals surface area contributed by atoms with Crippen molar-refractivity contribution in [2.45, 2.75) is 6.42 Å². The summed E-state index contributed by atoms with van der Waals surface area (Å²) in [7, 11) is 3.62. The van der Waals surface area contributed by atoms with E-state index in [9.17, 15) is 14.4 Å². The molecular formula is C17H29N3O6. The Hall–Kier alpha value is -1.81. The molecule has 0 aliphatic carbocycles. The molecule has 148 valence electrons. The van der Waals surface area contributed by atoms with Gasteiger partial charge in [-0.25, -0.2) is 0 Å². The molecule has 0 atom stereocenters. The topological polar surface area (TPSA) is 97.4 Å². The Morgan fingerprint density at radius 2 is 1.54 bits per heavy atom. The molecule has 3 amide bonds. The summed E-state index contributed by atoms with van der Waals surface area (Å²) < 4.78 is 16.0. The van der Waals surface area contributed by atoms with Crippen molar-refractivity contribution in [3.05, 3.63) is 12.2 Å². The van der Waals surface area contributed by atoms with Gasteiger partial charge in [-0.3, -0.25) is 19.3 Å². The summed E-state index contributed by atoms with van der Waals surface area (Å²) in [5.41, 5.74) is 0. The summed E-state index contributed by atoms with van der Waals surface area (Å²) in [5.74, 6) is -0.558. The van der Waals surface area contributed by atoms with Crippen LogP contribution in [0.15, 0.2) is 12.2 Å². The van der Waals surface area contributed by atoms with Gasteiger partial charge in [-0.05, 0) is 7.05 Å². The third-order valence-electron chi connectivity index (χ3n) is 3.69. The number of nitrogens with zero attached hydrogens (tertiary/aromatic N) is 2. The fourth-order valence-electron chi connectivity index (χ4n) is 2.10. The Kier molecular flexibility index (Phi) is 11.5. The van der Waals surface area contributed by atoms with Gasteiger partial charge in [0.05, 0.1) is 52.6 Å². The van der Waals surface area contributed by atoms with E-state index in [2.05, 4.69) is 5.32 Å². The minimum absolute atomic E-state index is 0.0553. The average Bonchev–Trinajstić information content (AvgIpc) is 2.95. The van der Waals surface area contributed by atoms with Crippen molar-refractivity contribution >= 4 is 17.7 Å². The molecular weight excluding hydrogens is 342 g/mol. The number of ether oxygens (including phenoxy) is 3. The molecule has 26 heavy (non-hydrogen) atoms. The molecule has 0 fully saturated rings. The lowest BCUT2D eigenvalue weighted by Crippen LogP contribution is -2.33. The van der Waals surface area contributed by atoms with Gasteiger partial charge in [0.2, 0.25) is 5.91 Å². The number of nitrogens with one attached hydrogen (secondary N) is 1. The summed E-state index contributed by atoms with van der Waals surface area (Å²) in [6.07, 6.45) is 2.85. The molecule has 0 aromatic carbocycles. The Labute approximate surface area is 154 Å². The Morgan fingerprint density at radius 3 is 2.12 bits per heavy atom. The maximum absolute atomic E-state index is 11.7. The maximum atomic E-state index is 11.7. The molecule has 9 nitrogen and oxygen atoms in total. The molecule has 0 saturated carbocycles. The van der Waals surface area contributed by atoms with Crippen molar-refractivity contribution in [3.8, 4) is 0 Å². The van der Waals surface area contributed by atoms with Crippen molar-refractivity contribution < 1.29 is 28.6 Å². The van der Waals surface area contributed by atoms with Crippen LogP contribution >= 0.6 is 0 Å². The number of rotatable bonds is 15. The minimum atomic E-state index is -0.307. The zero-order chi connectivity index (χ0) is 19.2. The van der Waals surface area contributed by atoms with E-state index < -0.39 is 0 Å². The van der Waals surface area contributed by atoms with Crippen molar-refractivity contribution in [2.75, 3.05) is 73.4 Å². The molecule has 0 unspecified atom stereocenters. The Morgan fingerprint density at radius 1 is 1.00 bits per heavy atom. The monoisotopic (exact) mass is 371 g/mol. The van der Waals surface area contributed by atoms with Crippen LogP contribution in [0.4, 0.5) is 0 Å². The first kappa shape index (κ1) is 22.2. The molecule has 0 spiro atoms. The smallest absolute Gasteiger partial charge is 0.253 e. The number of imide groups is 1. The predicted octanol–water partition coefficient (Wildman–Crippen LogP) is -0.971. The number of likely N-dealkylation sites (N-methyl/N-ethyl adjacent to an activating group) is 2. The van der Waals surface area contributed by atoms with Crippen LogP contribution in [0.1, 0.15) is 6.42 Å². The van der Waals surface area contributed by atoms with Crippen LogP contribution in [0.5, 0.6) is 0 Å². The number of carbonyl (C=O) groups is 3. The highest BCUT2D eigenvalue weighted by Gasteiger charge is 2.22. The van der Waals surface area contributed by atoms with E-state index in [4.69, 9.17) is 14.2 Å². The van der Waals surface area contributed by atoms with Crippen LogP contribution < -0.4 is 5.32 Å². The van der Waals surface area contributed by atoms with Gasteiger partial charge in [-0.2, -0.15) is 0 Å². The fraction of sp³-hybridized carbons (Fsp3) is 0.706. The molecule has 0 saturated heterocycles. The van der Waals surface area contributed by atoms with E-state index in [0.29, 0.717) is 46.0 Å². The minimum Gasteiger partial charge on any atom is -0.379 e. The second-order valence-corrected chi connectivity index (χ2v) is 5.67. The van der Waals surface area contributed by atoms with Crippen LogP contribution in [-0.2, 0) is 28.6 Å². The molecule has 0 radical (unpaired) electrons. The van der Waals surface area contributed by atoms with Crippen molar-refractivity contribution in [3.63, 3.8) is 0 Å². The van der Waals surface area contributed by atoms with Crippen LogP contribution in [0, 0.1) is 0 Å². The first-order valence-electron chi connectivity index (χ1n) is 8.71. The van der Waals surface area contributed by atoms with Crippen molar-refractivity contribution in [2.24, 2.45) is 0 Å². The molecule has 9 heteroatoms. The Balaban J connectivity index is 1.85. The third-order valence-corrected chi connectivity index (χ3v) is 3.69. The summed E-state index contributed by atoms with van der Waals surface area (Å²) in [6.45, 7) is 3.93. The van der Waals surface area contributed by atoms with Crippen LogP contribution in [0.25, 0.3) is 0 Å². The summed E-state index contributed by atoms with van der Waals surface area (Å²) >= 11 is 0. The molecule has 0 aromatic heterocycles. The van der Waals surface area contributed by atoms with E-state index in [1.54, 1.807) is 11.9 Å². The Bertz CT molecular complexity index is 465. The van der Waals surface area contributed by atoms with Gasteiger partial charge in [0.25, 0.3) is 11.8 Å². The molecule has 1 N–H and O–H groups in total. The SMILES string of the molecule is CNCCN(C)C(=O)CCOCCOCCOCCN1C(=O)C=CC1=O. The summed E-state index contributed by atoms with van der Waals surface area (Å²) in [4.78, 5) is 37.1. The van der Waals surface area contributed by atoms with Crippen molar-refractivity contribution in [1.29, 1.82) is 0 Å². The number of hydrogen-bond acceptors (Lipinski definition) is 7. The van der Waals surface area contributed by atoms with Gasteiger partial charge in [-0.15, -0.1) is 0 Å². The van der Waals surface area contributed by atoms with Gasteiger partial charge in [0.1, 0.15) is 0 Å². The maximum Gasteiger partial charge on any atom is 0.253 e. The number of carbonyl (C=O) groups excluding carboxylic acids is 3. The zero-order valence-electron chi connectivity index (χ0n) is 15.6. The predicted molar refractivity (Wildman–Crippen MR) is 94.5 cm³/mol. The van der Waals surface area contributed by atoms with Gasteiger partial charge in [0, 0.05) is 32.3 Å². The van der Waals surface area contributed by atoms with Gasteiger partial charge >= 0.3 is 0 Å². The molecule has 1 rings (SSSR count). The summed E-state index contributed by atoms with van der Waals surface area (Å²) in [6, 6.07) is 0. The highest BCUT2D eigenvalue weighted by Crippen LogP contribution is 2.02. The third kappa shape index (κ3) is 9.04. The highest BCUT2D eigenvalue weighted by molar-refractivity contribution is 6.12. The van der Waals surface area contributed by atoms with E-state index in [1.165, 1.54) is 12.2 Å². The molecule has 0 aromatic rings. The summed E-state index contributed by atoms with van der Waals surface area (Å²) in [5, 5.41) is 2.99. The lowest BCUT2D eigenvalue weighted by Gasteiger charge is -2.16. The normalized spacial score (nSPS) is 13.7. The highest BCUT2D eigenvalue weighted by atomic mass is 16.5. The molecule has 1 heterocycles. The first-order valence-corrected chi connectivity index (χ1v) is 8.71. The lowest BCUT2D eigenvalue weighted by molar-refractivity contribution is -0.137. The zero-order valence-corrected chi connectivity index (χ0v) is 15.6. The van der Waals surface area contributed by atoms with Crippen LogP contribution in [0.3, 0.4) is 0 Å².